The summed E-state index contributed by atoms with van der Waals surface area (Å²) in [6, 6.07) is 11.8. The molecule has 19 heavy (non-hydrogen) atoms. The molecule has 0 saturated carbocycles. The van der Waals surface area contributed by atoms with Crippen LogP contribution in [0.25, 0.3) is 0 Å². The number of hydrogen-bond donors (Lipinski definition) is 1. The van der Waals surface area contributed by atoms with Gasteiger partial charge in [0.2, 0.25) is 0 Å². The quantitative estimate of drug-likeness (QED) is 0.846. The summed E-state index contributed by atoms with van der Waals surface area (Å²) in [5, 5.41) is 0.660. The maximum atomic E-state index is 5.88. The Balaban J connectivity index is 2.15. The van der Waals surface area contributed by atoms with Gasteiger partial charge in [-0.3, -0.25) is 0 Å². The van der Waals surface area contributed by atoms with Crippen molar-refractivity contribution in [2.24, 2.45) is 0 Å². The summed E-state index contributed by atoms with van der Waals surface area (Å²) < 4.78 is 0. The Labute approximate surface area is 119 Å². The summed E-state index contributed by atoms with van der Waals surface area (Å²) in [5.41, 5.74) is 7.71. The van der Waals surface area contributed by atoms with Crippen molar-refractivity contribution in [1.29, 1.82) is 0 Å². The van der Waals surface area contributed by atoms with E-state index in [1.165, 1.54) is 5.56 Å². The fraction of sp³-hybridized carbons (Fsp3) is 0.267. The Morgan fingerprint density at radius 3 is 2.47 bits per heavy atom. The van der Waals surface area contributed by atoms with Gasteiger partial charge in [0.15, 0.2) is 0 Å². The van der Waals surface area contributed by atoms with Crippen molar-refractivity contribution in [3.8, 4) is 0 Å². The second kappa shape index (κ2) is 6.43. The molecule has 3 nitrogen and oxygen atoms in total. The summed E-state index contributed by atoms with van der Waals surface area (Å²) in [5.74, 6) is 0.947. The largest absolute Gasteiger partial charge is 0.399 e. The molecular weight excluding hydrogens is 258 g/mol. The van der Waals surface area contributed by atoms with Gasteiger partial charge in [-0.15, -0.1) is 0 Å². The van der Waals surface area contributed by atoms with Crippen LogP contribution in [0.1, 0.15) is 18.9 Å². The van der Waals surface area contributed by atoms with Gasteiger partial charge >= 0.3 is 0 Å². The van der Waals surface area contributed by atoms with E-state index in [2.05, 4.69) is 16.8 Å². The Bertz CT molecular complexity index is 508. The van der Waals surface area contributed by atoms with Crippen LogP contribution in [-0.2, 0) is 6.54 Å². The van der Waals surface area contributed by atoms with Crippen LogP contribution in [0.5, 0.6) is 0 Å². The average molecular weight is 276 g/mol. The minimum absolute atomic E-state index is 0.660. The molecule has 0 radical (unpaired) electrons. The number of pyridine rings is 1. The van der Waals surface area contributed by atoms with Crippen LogP contribution < -0.4 is 10.6 Å². The predicted octanol–water partition coefficient (Wildman–Crippen LogP) is 3.73. The molecule has 0 saturated heterocycles. The van der Waals surface area contributed by atoms with Gasteiger partial charge in [-0.2, -0.15) is 0 Å². The van der Waals surface area contributed by atoms with Crippen LogP contribution in [0.3, 0.4) is 0 Å². The number of nitrogen functional groups attached to an aromatic ring is 1. The van der Waals surface area contributed by atoms with Gasteiger partial charge in [0.05, 0.1) is 5.02 Å². The van der Waals surface area contributed by atoms with E-state index in [0.29, 0.717) is 5.02 Å². The minimum Gasteiger partial charge on any atom is -0.399 e. The third-order valence-corrected chi connectivity index (χ3v) is 3.11. The molecule has 0 aliphatic rings. The summed E-state index contributed by atoms with van der Waals surface area (Å²) in [6.45, 7) is 3.94. The van der Waals surface area contributed by atoms with Crippen LogP contribution >= 0.6 is 11.6 Å². The number of anilines is 2. The van der Waals surface area contributed by atoms with Gasteiger partial charge in [0, 0.05) is 25.0 Å². The Hall–Kier alpha value is -1.74. The van der Waals surface area contributed by atoms with Crippen molar-refractivity contribution in [2.75, 3.05) is 17.2 Å². The third kappa shape index (κ3) is 3.86. The molecule has 0 amide bonds. The summed E-state index contributed by atoms with van der Waals surface area (Å²) in [7, 11) is 0. The molecule has 0 unspecified atom stereocenters. The van der Waals surface area contributed by atoms with E-state index >= 15 is 0 Å². The van der Waals surface area contributed by atoms with Crippen molar-refractivity contribution in [3.63, 3.8) is 0 Å². The van der Waals surface area contributed by atoms with Crippen molar-refractivity contribution in [1.82, 2.24) is 4.98 Å². The molecule has 100 valence electrons. The monoisotopic (exact) mass is 275 g/mol. The standard InChI is InChI=1S/C15H18ClN3/c1-2-9-19(15-8-5-13(16)10-18-15)11-12-3-6-14(17)7-4-12/h3-8,10H,2,9,11,17H2,1H3. The van der Waals surface area contributed by atoms with E-state index in [4.69, 9.17) is 17.3 Å². The molecule has 1 aromatic heterocycles. The molecule has 1 heterocycles. The minimum atomic E-state index is 0.660. The number of hydrogen-bond acceptors (Lipinski definition) is 3. The van der Waals surface area contributed by atoms with E-state index in [1.54, 1.807) is 6.20 Å². The van der Waals surface area contributed by atoms with Crippen LogP contribution in [0.15, 0.2) is 42.6 Å². The number of benzene rings is 1. The molecule has 0 aliphatic heterocycles. The van der Waals surface area contributed by atoms with Crippen LogP contribution in [-0.4, -0.2) is 11.5 Å². The van der Waals surface area contributed by atoms with Gasteiger partial charge in [-0.1, -0.05) is 30.7 Å². The van der Waals surface area contributed by atoms with Crippen molar-refractivity contribution in [3.05, 3.63) is 53.2 Å². The molecule has 0 atom stereocenters. The normalized spacial score (nSPS) is 10.4. The molecule has 0 bridgehead atoms. The SMILES string of the molecule is CCCN(Cc1ccc(N)cc1)c1ccc(Cl)cn1. The van der Waals surface area contributed by atoms with Crippen molar-refractivity contribution < 1.29 is 0 Å². The number of rotatable bonds is 5. The fourth-order valence-corrected chi connectivity index (χ4v) is 2.05. The van der Waals surface area contributed by atoms with Crippen molar-refractivity contribution >= 4 is 23.1 Å². The van der Waals surface area contributed by atoms with E-state index in [0.717, 1.165) is 31.0 Å². The number of halogens is 1. The molecule has 2 N–H and O–H groups in total. The summed E-state index contributed by atoms with van der Waals surface area (Å²) >= 11 is 5.88. The van der Waals surface area contributed by atoms with Gasteiger partial charge < -0.3 is 10.6 Å². The topological polar surface area (TPSA) is 42.1 Å². The van der Waals surface area contributed by atoms with Crippen LogP contribution in [0, 0.1) is 0 Å². The molecule has 0 spiro atoms. The third-order valence-electron chi connectivity index (χ3n) is 2.88. The van der Waals surface area contributed by atoms with E-state index < -0.39 is 0 Å². The number of nitrogens with zero attached hydrogens (tertiary/aromatic N) is 2. The number of aromatic nitrogens is 1. The number of nitrogens with two attached hydrogens (primary N) is 1. The zero-order valence-corrected chi connectivity index (χ0v) is 11.8. The van der Waals surface area contributed by atoms with Crippen molar-refractivity contribution in [2.45, 2.75) is 19.9 Å². The highest BCUT2D eigenvalue weighted by Gasteiger charge is 2.07. The van der Waals surface area contributed by atoms with E-state index in [9.17, 15) is 0 Å². The van der Waals surface area contributed by atoms with Gasteiger partial charge in [-0.25, -0.2) is 4.98 Å². The highest BCUT2D eigenvalue weighted by atomic mass is 35.5. The lowest BCUT2D eigenvalue weighted by atomic mass is 10.2. The summed E-state index contributed by atoms with van der Waals surface area (Å²) in [6.07, 6.45) is 2.75. The maximum absolute atomic E-state index is 5.88. The van der Waals surface area contributed by atoms with Gasteiger partial charge in [0.1, 0.15) is 5.82 Å². The zero-order valence-electron chi connectivity index (χ0n) is 11.0. The smallest absolute Gasteiger partial charge is 0.128 e. The Kier molecular flexibility index (Phi) is 4.63. The first-order valence-electron chi connectivity index (χ1n) is 6.40. The van der Waals surface area contributed by atoms with E-state index in [1.807, 2.05) is 36.4 Å². The van der Waals surface area contributed by atoms with Crippen LogP contribution in [0.4, 0.5) is 11.5 Å². The average Bonchev–Trinajstić information content (AvgIpc) is 2.42. The second-order valence-electron chi connectivity index (χ2n) is 4.50. The van der Waals surface area contributed by atoms with Crippen LogP contribution in [0.2, 0.25) is 5.02 Å². The zero-order chi connectivity index (χ0) is 13.7. The highest BCUT2D eigenvalue weighted by molar-refractivity contribution is 6.30. The van der Waals surface area contributed by atoms with Gasteiger partial charge in [-0.05, 0) is 36.2 Å². The maximum Gasteiger partial charge on any atom is 0.128 e. The molecule has 1 aromatic carbocycles. The van der Waals surface area contributed by atoms with E-state index in [-0.39, 0.29) is 0 Å². The highest BCUT2D eigenvalue weighted by Crippen LogP contribution is 2.18. The Morgan fingerprint density at radius 1 is 1.16 bits per heavy atom. The second-order valence-corrected chi connectivity index (χ2v) is 4.93. The first kappa shape index (κ1) is 13.7. The molecule has 0 fully saturated rings. The lowest BCUT2D eigenvalue weighted by Crippen LogP contribution is -2.24. The first-order chi connectivity index (χ1) is 9.19. The molecule has 0 aliphatic carbocycles. The fourth-order valence-electron chi connectivity index (χ4n) is 1.94. The molecule has 4 heteroatoms. The molecular formula is C15H18ClN3. The lowest BCUT2D eigenvalue weighted by Gasteiger charge is -2.23. The van der Waals surface area contributed by atoms with Gasteiger partial charge in [0.25, 0.3) is 0 Å². The Morgan fingerprint density at radius 2 is 1.89 bits per heavy atom. The predicted molar refractivity (Wildman–Crippen MR) is 81.4 cm³/mol. The molecule has 2 rings (SSSR count). The lowest BCUT2D eigenvalue weighted by molar-refractivity contribution is 0.755. The first-order valence-corrected chi connectivity index (χ1v) is 6.77. The molecule has 2 aromatic rings. The summed E-state index contributed by atoms with van der Waals surface area (Å²) in [4.78, 5) is 6.62.